The number of fused-ring (bicyclic) bond motifs is 1. The SMILES string of the molecule is Cn1ccc(=O)c2ccc([S-])cc21.[Na+]. The zero-order valence-electron chi connectivity index (χ0n) is 8.15. The molecule has 0 amide bonds. The van der Waals surface area contributed by atoms with Crippen LogP contribution in [0.3, 0.4) is 0 Å². The van der Waals surface area contributed by atoms with Crippen molar-refractivity contribution < 1.29 is 29.6 Å². The summed E-state index contributed by atoms with van der Waals surface area (Å²) in [4.78, 5) is 12.2. The Morgan fingerprint density at radius 2 is 2.00 bits per heavy atom. The van der Waals surface area contributed by atoms with Gasteiger partial charge in [0, 0.05) is 24.7 Å². The molecule has 0 aliphatic heterocycles. The molecule has 0 fully saturated rings. The molecule has 0 spiro atoms. The van der Waals surface area contributed by atoms with Crippen LogP contribution in [0.4, 0.5) is 0 Å². The molecule has 0 aliphatic rings. The van der Waals surface area contributed by atoms with E-state index in [1.165, 1.54) is 0 Å². The molecule has 0 aliphatic carbocycles. The molecule has 0 N–H and O–H groups in total. The van der Waals surface area contributed by atoms with E-state index in [0.29, 0.717) is 0 Å². The normalized spacial score (nSPS) is 9.79. The largest absolute Gasteiger partial charge is 1.00 e. The molecule has 1 aromatic carbocycles. The van der Waals surface area contributed by atoms with Crippen molar-refractivity contribution in [3.63, 3.8) is 0 Å². The van der Waals surface area contributed by atoms with Gasteiger partial charge in [0.2, 0.25) is 0 Å². The van der Waals surface area contributed by atoms with Gasteiger partial charge in [-0.15, -0.1) is 0 Å². The van der Waals surface area contributed by atoms with Crippen molar-refractivity contribution in [2.24, 2.45) is 7.05 Å². The number of hydrogen-bond donors (Lipinski definition) is 0. The van der Waals surface area contributed by atoms with Gasteiger partial charge < -0.3 is 17.2 Å². The minimum Gasteiger partial charge on any atom is -0.780 e. The number of nitrogens with zero attached hydrogens (tertiary/aromatic N) is 1. The van der Waals surface area contributed by atoms with E-state index >= 15 is 0 Å². The Labute approximate surface area is 110 Å². The quantitative estimate of drug-likeness (QED) is 0.390. The maximum absolute atomic E-state index is 11.4. The summed E-state index contributed by atoms with van der Waals surface area (Å²) in [5, 5.41) is 0.721. The van der Waals surface area contributed by atoms with E-state index < -0.39 is 0 Å². The van der Waals surface area contributed by atoms with E-state index in [9.17, 15) is 4.79 Å². The van der Waals surface area contributed by atoms with E-state index in [0.717, 1.165) is 15.8 Å². The van der Waals surface area contributed by atoms with E-state index in [-0.39, 0.29) is 35.0 Å². The molecular formula is C10H8NNaOS. The Hall–Kier alpha value is -0.350. The number of aryl methyl sites for hydroxylation is 1. The van der Waals surface area contributed by atoms with Crippen molar-refractivity contribution in [1.29, 1.82) is 0 Å². The van der Waals surface area contributed by atoms with Gasteiger partial charge in [0.15, 0.2) is 5.43 Å². The maximum Gasteiger partial charge on any atom is 1.00 e. The average Bonchev–Trinajstić information content (AvgIpc) is 2.12. The fraction of sp³-hybridized carbons (Fsp3) is 0.100. The minimum atomic E-state index is 0. The van der Waals surface area contributed by atoms with E-state index in [1.807, 2.05) is 17.7 Å². The van der Waals surface area contributed by atoms with Gasteiger partial charge in [-0.3, -0.25) is 4.79 Å². The Balaban J connectivity index is 0.000000980. The minimum absolute atomic E-state index is 0. The Morgan fingerprint density at radius 3 is 2.71 bits per heavy atom. The molecule has 14 heavy (non-hydrogen) atoms. The van der Waals surface area contributed by atoms with Crippen molar-refractivity contribution >= 4 is 23.5 Å². The van der Waals surface area contributed by atoms with Gasteiger partial charge in [-0.2, -0.15) is 4.90 Å². The molecule has 0 saturated carbocycles. The van der Waals surface area contributed by atoms with Crippen LogP contribution in [-0.4, -0.2) is 4.57 Å². The van der Waals surface area contributed by atoms with Crippen molar-refractivity contribution in [3.05, 3.63) is 40.7 Å². The molecule has 4 heteroatoms. The van der Waals surface area contributed by atoms with Crippen LogP contribution < -0.4 is 35.0 Å². The Bertz CT molecular complexity index is 521. The van der Waals surface area contributed by atoms with E-state index in [4.69, 9.17) is 12.6 Å². The number of hydrogen-bond acceptors (Lipinski definition) is 2. The van der Waals surface area contributed by atoms with Crippen LogP contribution in [0.1, 0.15) is 0 Å². The van der Waals surface area contributed by atoms with E-state index in [1.54, 1.807) is 24.4 Å². The van der Waals surface area contributed by atoms with Gasteiger partial charge in [-0.1, -0.05) is 18.2 Å². The zero-order chi connectivity index (χ0) is 9.42. The molecule has 1 aromatic heterocycles. The molecule has 0 unspecified atom stereocenters. The van der Waals surface area contributed by atoms with Crippen LogP contribution in [-0.2, 0) is 19.7 Å². The topological polar surface area (TPSA) is 22.0 Å². The van der Waals surface area contributed by atoms with E-state index in [2.05, 4.69) is 0 Å². The number of rotatable bonds is 0. The molecule has 2 aromatic rings. The first-order valence-electron chi connectivity index (χ1n) is 3.95. The van der Waals surface area contributed by atoms with Gasteiger partial charge in [0.1, 0.15) is 0 Å². The molecule has 1 heterocycles. The third kappa shape index (κ3) is 2.01. The summed E-state index contributed by atoms with van der Waals surface area (Å²) in [6.45, 7) is 0. The number of aromatic nitrogens is 1. The van der Waals surface area contributed by atoms with Crippen LogP contribution in [0.5, 0.6) is 0 Å². The van der Waals surface area contributed by atoms with Gasteiger partial charge in [-0.05, 0) is 0 Å². The van der Waals surface area contributed by atoms with Crippen molar-refractivity contribution in [1.82, 2.24) is 4.57 Å². The predicted octanol–water partition coefficient (Wildman–Crippen LogP) is -1.55. The molecule has 66 valence electrons. The average molecular weight is 213 g/mol. The van der Waals surface area contributed by atoms with Gasteiger partial charge in [0.25, 0.3) is 0 Å². The summed E-state index contributed by atoms with van der Waals surface area (Å²) in [5.74, 6) is 0. The van der Waals surface area contributed by atoms with Crippen molar-refractivity contribution in [3.8, 4) is 0 Å². The van der Waals surface area contributed by atoms with Crippen molar-refractivity contribution in [2.75, 3.05) is 0 Å². The molecule has 0 radical (unpaired) electrons. The third-order valence-corrected chi connectivity index (χ3v) is 2.32. The molecule has 0 saturated heterocycles. The van der Waals surface area contributed by atoms with Crippen LogP contribution in [0.25, 0.3) is 10.9 Å². The smallest absolute Gasteiger partial charge is 0.780 e. The van der Waals surface area contributed by atoms with Gasteiger partial charge in [-0.25, -0.2) is 0 Å². The third-order valence-electron chi connectivity index (χ3n) is 2.06. The standard InChI is InChI=1S/C10H9NOS.Na/c1-11-5-4-10(12)8-3-2-7(13)6-9(8)11;/h2-6,13H,1H3;/q;+1/p-1. The maximum atomic E-state index is 11.4. The second-order valence-electron chi connectivity index (χ2n) is 2.97. The summed E-state index contributed by atoms with van der Waals surface area (Å²) in [7, 11) is 1.90. The van der Waals surface area contributed by atoms with Crippen LogP contribution in [0, 0.1) is 0 Å². The van der Waals surface area contributed by atoms with Crippen LogP contribution in [0.15, 0.2) is 40.2 Å². The van der Waals surface area contributed by atoms with Crippen LogP contribution in [0.2, 0.25) is 0 Å². The van der Waals surface area contributed by atoms with Gasteiger partial charge >= 0.3 is 29.6 Å². The summed E-state index contributed by atoms with van der Waals surface area (Å²) < 4.78 is 1.90. The van der Waals surface area contributed by atoms with Crippen LogP contribution >= 0.6 is 0 Å². The predicted molar refractivity (Wildman–Crippen MR) is 54.8 cm³/mol. The molecule has 0 bridgehead atoms. The second-order valence-corrected chi connectivity index (χ2v) is 3.44. The Kier molecular flexibility index (Phi) is 3.72. The molecular weight excluding hydrogens is 205 g/mol. The summed E-state index contributed by atoms with van der Waals surface area (Å²) in [6.07, 6.45) is 1.75. The first-order valence-corrected chi connectivity index (χ1v) is 4.36. The van der Waals surface area contributed by atoms with Gasteiger partial charge in [0.05, 0.1) is 5.52 Å². The Morgan fingerprint density at radius 1 is 1.29 bits per heavy atom. The number of pyridine rings is 1. The fourth-order valence-corrected chi connectivity index (χ4v) is 1.54. The summed E-state index contributed by atoms with van der Waals surface area (Å²) in [5.41, 5.74) is 0.933. The summed E-state index contributed by atoms with van der Waals surface area (Å²) >= 11 is 5.03. The zero-order valence-corrected chi connectivity index (χ0v) is 11.0. The fourth-order valence-electron chi connectivity index (χ4n) is 1.36. The summed E-state index contributed by atoms with van der Waals surface area (Å²) in [6, 6.07) is 6.95. The second kappa shape index (κ2) is 4.45. The first-order chi connectivity index (χ1) is 6.18. The van der Waals surface area contributed by atoms with Crippen molar-refractivity contribution in [2.45, 2.75) is 4.90 Å². The first kappa shape index (κ1) is 11.7. The molecule has 2 nitrogen and oxygen atoms in total. The molecule has 0 atom stereocenters. The molecule has 2 rings (SSSR count). The number of benzene rings is 1. The monoisotopic (exact) mass is 213 g/mol.